The van der Waals surface area contributed by atoms with Crippen molar-refractivity contribution in [2.75, 3.05) is 19.8 Å². The zero-order chi connectivity index (χ0) is 44.9. The van der Waals surface area contributed by atoms with Gasteiger partial charge in [0.15, 0.2) is 6.10 Å². The van der Waals surface area contributed by atoms with Crippen LogP contribution in [-0.4, -0.2) is 37.9 Å². The van der Waals surface area contributed by atoms with Gasteiger partial charge in [-0.3, -0.25) is 9.59 Å². The van der Waals surface area contributed by atoms with E-state index < -0.39 is 6.10 Å². The van der Waals surface area contributed by atoms with Gasteiger partial charge in [0.2, 0.25) is 0 Å². The molecule has 0 saturated carbocycles. The van der Waals surface area contributed by atoms with E-state index in [0.29, 0.717) is 19.4 Å². The van der Waals surface area contributed by atoms with Crippen LogP contribution in [0.15, 0.2) is 72.9 Å². The fourth-order valence-corrected chi connectivity index (χ4v) is 7.30. The van der Waals surface area contributed by atoms with Crippen molar-refractivity contribution in [3.8, 4) is 0 Å². The first kappa shape index (κ1) is 59.3. The lowest BCUT2D eigenvalue weighted by molar-refractivity contribution is -0.163. The third kappa shape index (κ3) is 50.0. The fourth-order valence-electron chi connectivity index (χ4n) is 7.30. The highest BCUT2D eigenvalue weighted by Gasteiger charge is 2.17. The molecule has 0 bridgehead atoms. The molecule has 1 unspecified atom stereocenters. The van der Waals surface area contributed by atoms with Gasteiger partial charge >= 0.3 is 11.9 Å². The van der Waals surface area contributed by atoms with Crippen molar-refractivity contribution in [1.29, 1.82) is 0 Å². The SMILES string of the molecule is CC/C=C\C/C=C\C/C=C\C/C=C\CCCCCCC(=O)OCC(COCCCCCCCCCCCCCCCCCC)OC(=O)CCCCCCC/C=C\C/C=C\CCC. The number of carbonyl (C=O) groups excluding carboxylic acids is 2. The first-order chi connectivity index (χ1) is 30.6. The van der Waals surface area contributed by atoms with Crippen molar-refractivity contribution in [1.82, 2.24) is 0 Å². The minimum Gasteiger partial charge on any atom is -0.462 e. The summed E-state index contributed by atoms with van der Waals surface area (Å²) in [5.74, 6) is -0.435. The first-order valence-electron chi connectivity index (χ1n) is 26.5. The Balaban J connectivity index is 4.31. The molecule has 0 spiro atoms. The van der Waals surface area contributed by atoms with Crippen molar-refractivity contribution in [3.63, 3.8) is 0 Å². The van der Waals surface area contributed by atoms with Gasteiger partial charge in [0, 0.05) is 19.4 Å². The molecule has 0 aliphatic heterocycles. The molecule has 0 aromatic carbocycles. The second-order valence-electron chi connectivity index (χ2n) is 17.4. The standard InChI is InChI=1S/C57H100O5/c1-4-7-10-13-16-19-22-25-27-29-30-33-35-38-41-44-47-50-56(58)61-54-55(62-57(59)51-48-45-42-39-36-32-24-21-18-15-12-9-6-3)53-60-52-49-46-43-40-37-34-31-28-26-23-20-17-14-11-8-5-2/h7,10,12,15-16,19,21,24-25,27,30,33,55H,4-6,8-9,11,13-14,17-18,20,22-23,26,28-29,31-32,34-54H2,1-3H3/b10-7-,15-12-,19-16-,24-21-,27-25-,33-30-. The van der Waals surface area contributed by atoms with Crippen LogP contribution < -0.4 is 0 Å². The van der Waals surface area contributed by atoms with E-state index in [-0.39, 0.29) is 25.2 Å². The Morgan fingerprint density at radius 1 is 0.371 bits per heavy atom. The van der Waals surface area contributed by atoms with E-state index in [2.05, 4.69) is 93.7 Å². The summed E-state index contributed by atoms with van der Waals surface area (Å²) in [5.41, 5.74) is 0. The zero-order valence-corrected chi connectivity index (χ0v) is 41.1. The van der Waals surface area contributed by atoms with E-state index in [9.17, 15) is 9.59 Å². The molecule has 62 heavy (non-hydrogen) atoms. The third-order valence-electron chi connectivity index (χ3n) is 11.2. The van der Waals surface area contributed by atoms with Crippen molar-refractivity contribution < 1.29 is 23.8 Å². The van der Waals surface area contributed by atoms with Crippen LogP contribution >= 0.6 is 0 Å². The largest absolute Gasteiger partial charge is 0.462 e. The van der Waals surface area contributed by atoms with Crippen LogP contribution in [0.4, 0.5) is 0 Å². The van der Waals surface area contributed by atoms with Crippen LogP contribution in [0.5, 0.6) is 0 Å². The molecule has 358 valence electrons. The average molecular weight is 865 g/mol. The number of hydrogen-bond donors (Lipinski definition) is 0. The summed E-state index contributed by atoms with van der Waals surface area (Å²) in [6.07, 6.45) is 67.7. The van der Waals surface area contributed by atoms with Crippen LogP contribution in [0.3, 0.4) is 0 Å². The molecule has 0 aromatic rings. The highest BCUT2D eigenvalue weighted by Crippen LogP contribution is 2.15. The van der Waals surface area contributed by atoms with E-state index in [0.717, 1.165) is 109 Å². The summed E-state index contributed by atoms with van der Waals surface area (Å²) in [6.45, 7) is 7.64. The van der Waals surface area contributed by atoms with Gasteiger partial charge in [0.05, 0.1) is 6.61 Å². The van der Waals surface area contributed by atoms with Gasteiger partial charge in [-0.2, -0.15) is 0 Å². The van der Waals surface area contributed by atoms with Crippen molar-refractivity contribution >= 4 is 11.9 Å². The van der Waals surface area contributed by atoms with Crippen molar-refractivity contribution in [2.24, 2.45) is 0 Å². The van der Waals surface area contributed by atoms with Crippen LogP contribution in [0.2, 0.25) is 0 Å². The number of carbonyl (C=O) groups is 2. The van der Waals surface area contributed by atoms with Gasteiger partial charge < -0.3 is 14.2 Å². The smallest absolute Gasteiger partial charge is 0.306 e. The summed E-state index contributed by atoms with van der Waals surface area (Å²) >= 11 is 0. The maximum atomic E-state index is 12.8. The summed E-state index contributed by atoms with van der Waals surface area (Å²) < 4.78 is 17.4. The van der Waals surface area contributed by atoms with Crippen molar-refractivity contribution in [3.05, 3.63) is 72.9 Å². The minimum absolute atomic E-state index is 0.0667. The molecule has 0 aliphatic carbocycles. The van der Waals surface area contributed by atoms with Crippen molar-refractivity contribution in [2.45, 2.75) is 258 Å². The Bertz CT molecular complexity index is 1110. The Morgan fingerprint density at radius 2 is 0.758 bits per heavy atom. The number of hydrogen-bond acceptors (Lipinski definition) is 5. The molecule has 0 aliphatic rings. The van der Waals surface area contributed by atoms with Crippen LogP contribution in [0.1, 0.15) is 252 Å². The lowest BCUT2D eigenvalue weighted by Crippen LogP contribution is -2.30. The van der Waals surface area contributed by atoms with E-state index in [1.807, 2.05) is 0 Å². The van der Waals surface area contributed by atoms with E-state index in [1.165, 1.54) is 109 Å². The quantitative estimate of drug-likeness (QED) is 0.0346. The Hall–Kier alpha value is -2.66. The van der Waals surface area contributed by atoms with Gasteiger partial charge in [-0.1, -0.05) is 229 Å². The monoisotopic (exact) mass is 865 g/mol. The Labute approximate surface area is 385 Å². The lowest BCUT2D eigenvalue weighted by atomic mass is 10.0. The molecule has 1 atom stereocenters. The second kappa shape index (κ2) is 52.7. The predicted molar refractivity (Wildman–Crippen MR) is 270 cm³/mol. The molecule has 0 aromatic heterocycles. The Morgan fingerprint density at radius 3 is 1.23 bits per heavy atom. The summed E-state index contributed by atoms with van der Waals surface area (Å²) in [4.78, 5) is 25.4. The molecule has 0 saturated heterocycles. The lowest BCUT2D eigenvalue weighted by Gasteiger charge is -2.18. The highest BCUT2D eigenvalue weighted by atomic mass is 16.6. The summed E-state index contributed by atoms with van der Waals surface area (Å²) in [6, 6.07) is 0. The molecule has 0 N–H and O–H groups in total. The number of allylic oxidation sites excluding steroid dienone is 12. The predicted octanol–water partition coefficient (Wildman–Crippen LogP) is 17.9. The molecule has 0 radical (unpaired) electrons. The first-order valence-corrected chi connectivity index (χ1v) is 26.5. The minimum atomic E-state index is -0.554. The second-order valence-corrected chi connectivity index (χ2v) is 17.4. The zero-order valence-electron chi connectivity index (χ0n) is 41.1. The van der Waals surface area contributed by atoms with Crippen LogP contribution in [0, 0.1) is 0 Å². The molecule has 0 amide bonds. The van der Waals surface area contributed by atoms with E-state index in [4.69, 9.17) is 14.2 Å². The van der Waals surface area contributed by atoms with E-state index in [1.54, 1.807) is 0 Å². The molecule has 5 heteroatoms. The molecule has 0 fully saturated rings. The maximum absolute atomic E-state index is 12.8. The normalized spacial score (nSPS) is 12.8. The van der Waals surface area contributed by atoms with Gasteiger partial charge in [-0.15, -0.1) is 0 Å². The topological polar surface area (TPSA) is 61.8 Å². The molecule has 5 nitrogen and oxygen atoms in total. The third-order valence-corrected chi connectivity index (χ3v) is 11.2. The van der Waals surface area contributed by atoms with E-state index >= 15 is 0 Å². The molecular weight excluding hydrogens is 765 g/mol. The number of unbranched alkanes of at least 4 members (excludes halogenated alkanes) is 25. The highest BCUT2D eigenvalue weighted by molar-refractivity contribution is 5.70. The van der Waals surface area contributed by atoms with Crippen LogP contribution in [-0.2, 0) is 23.8 Å². The summed E-state index contributed by atoms with van der Waals surface area (Å²) in [5, 5.41) is 0. The molecule has 0 heterocycles. The molecular formula is C57H100O5. The maximum Gasteiger partial charge on any atom is 0.306 e. The number of rotatable bonds is 48. The molecule has 0 rings (SSSR count). The van der Waals surface area contributed by atoms with Gasteiger partial charge in [-0.05, 0) is 83.5 Å². The fraction of sp³-hybridized carbons (Fsp3) is 0.754. The van der Waals surface area contributed by atoms with Gasteiger partial charge in [-0.25, -0.2) is 0 Å². The number of esters is 2. The average Bonchev–Trinajstić information content (AvgIpc) is 3.27. The van der Waals surface area contributed by atoms with Gasteiger partial charge in [0.1, 0.15) is 6.61 Å². The number of ether oxygens (including phenoxy) is 3. The van der Waals surface area contributed by atoms with Gasteiger partial charge in [0.25, 0.3) is 0 Å². The Kier molecular flexibility index (Phi) is 50.4. The van der Waals surface area contributed by atoms with Crippen LogP contribution in [0.25, 0.3) is 0 Å². The summed E-state index contributed by atoms with van der Waals surface area (Å²) in [7, 11) is 0.